The van der Waals surface area contributed by atoms with Gasteiger partial charge in [0.1, 0.15) is 0 Å². The van der Waals surface area contributed by atoms with Gasteiger partial charge in [-0.2, -0.15) is 0 Å². The third-order valence-electron chi connectivity index (χ3n) is 2.88. The predicted molar refractivity (Wildman–Crippen MR) is 59.9 cm³/mol. The second-order valence-electron chi connectivity index (χ2n) is 4.06. The van der Waals surface area contributed by atoms with Gasteiger partial charge in [-0.25, -0.2) is 0 Å². The number of rotatable bonds is 4. The summed E-state index contributed by atoms with van der Waals surface area (Å²) in [5.74, 6) is -0.171. The highest BCUT2D eigenvalue weighted by Gasteiger charge is 2.29. The van der Waals surface area contributed by atoms with E-state index >= 15 is 0 Å². The molecule has 5 heteroatoms. The largest absolute Gasteiger partial charge is 0.466 e. The fourth-order valence-electron chi connectivity index (χ4n) is 1.98. The van der Waals surface area contributed by atoms with Crippen LogP contribution in [-0.2, 0) is 14.3 Å². The Morgan fingerprint density at radius 3 is 3.00 bits per heavy atom. The van der Waals surface area contributed by atoms with E-state index < -0.39 is 0 Å². The number of piperazine rings is 1. The van der Waals surface area contributed by atoms with Gasteiger partial charge in [0.25, 0.3) is 0 Å². The van der Waals surface area contributed by atoms with Crippen molar-refractivity contribution in [2.75, 3.05) is 19.7 Å². The molecule has 1 aliphatic heterocycles. The van der Waals surface area contributed by atoms with Crippen LogP contribution in [0.3, 0.4) is 0 Å². The number of nitrogens with zero attached hydrogens (tertiary/aromatic N) is 1. The molecule has 92 valence electrons. The second kappa shape index (κ2) is 5.84. The van der Waals surface area contributed by atoms with Crippen molar-refractivity contribution in [3.8, 4) is 0 Å². The molecule has 1 rings (SSSR count). The summed E-state index contributed by atoms with van der Waals surface area (Å²) in [6.45, 7) is 7.44. The first-order chi connectivity index (χ1) is 7.56. The summed E-state index contributed by atoms with van der Waals surface area (Å²) in [6, 6.07) is -0.127. The zero-order valence-corrected chi connectivity index (χ0v) is 10.2. The molecule has 1 aliphatic rings. The van der Waals surface area contributed by atoms with E-state index in [1.165, 1.54) is 0 Å². The molecule has 2 atom stereocenters. The number of hydrogen-bond donors (Lipinski definition) is 1. The molecule has 0 aliphatic carbocycles. The van der Waals surface area contributed by atoms with Crippen LogP contribution in [0.1, 0.15) is 27.2 Å². The SMILES string of the molecule is CCOC(=O)CC(C)N1CCNC(=O)C1C. The summed E-state index contributed by atoms with van der Waals surface area (Å²) < 4.78 is 4.90. The Bertz CT molecular complexity index is 268. The van der Waals surface area contributed by atoms with Crippen molar-refractivity contribution in [3.05, 3.63) is 0 Å². The average Bonchev–Trinajstić information content (AvgIpc) is 2.22. The van der Waals surface area contributed by atoms with E-state index in [0.29, 0.717) is 19.6 Å². The van der Waals surface area contributed by atoms with Crippen molar-refractivity contribution in [1.82, 2.24) is 10.2 Å². The summed E-state index contributed by atoms with van der Waals surface area (Å²) in [5, 5.41) is 2.80. The highest BCUT2D eigenvalue weighted by Crippen LogP contribution is 2.12. The van der Waals surface area contributed by atoms with Gasteiger partial charge >= 0.3 is 5.97 Å². The molecule has 0 bridgehead atoms. The average molecular weight is 228 g/mol. The van der Waals surface area contributed by atoms with Crippen LogP contribution < -0.4 is 5.32 Å². The molecule has 0 aromatic heterocycles. The third-order valence-corrected chi connectivity index (χ3v) is 2.88. The third kappa shape index (κ3) is 3.20. The maximum Gasteiger partial charge on any atom is 0.307 e. The van der Waals surface area contributed by atoms with Gasteiger partial charge in [-0.1, -0.05) is 0 Å². The normalized spacial score (nSPS) is 23.7. The first-order valence-electron chi connectivity index (χ1n) is 5.75. The number of hydrogen-bond acceptors (Lipinski definition) is 4. The maximum atomic E-state index is 11.5. The Kier molecular flexibility index (Phi) is 4.73. The quantitative estimate of drug-likeness (QED) is 0.696. The van der Waals surface area contributed by atoms with Gasteiger partial charge in [0.15, 0.2) is 0 Å². The van der Waals surface area contributed by atoms with Gasteiger partial charge in [0, 0.05) is 19.1 Å². The van der Waals surface area contributed by atoms with Crippen LogP contribution in [0.25, 0.3) is 0 Å². The smallest absolute Gasteiger partial charge is 0.307 e. The molecular formula is C11H20N2O3. The van der Waals surface area contributed by atoms with Crippen LogP contribution in [0.15, 0.2) is 0 Å². The molecule has 1 N–H and O–H groups in total. The molecule has 5 nitrogen and oxygen atoms in total. The van der Waals surface area contributed by atoms with Crippen LogP contribution in [0.4, 0.5) is 0 Å². The van der Waals surface area contributed by atoms with E-state index in [1.54, 1.807) is 6.92 Å². The minimum atomic E-state index is -0.201. The number of amides is 1. The number of nitrogens with one attached hydrogen (secondary N) is 1. The van der Waals surface area contributed by atoms with E-state index in [0.717, 1.165) is 6.54 Å². The van der Waals surface area contributed by atoms with Crippen LogP contribution >= 0.6 is 0 Å². The Hall–Kier alpha value is -1.10. The van der Waals surface area contributed by atoms with E-state index in [4.69, 9.17) is 4.74 Å². The summed E-state index contributed by atoms with van der Waals surface area (Å²) in [4.78, 5) is 24.8. The Balaban J connectivity index is 2.49. The Morgan fingerprint density at radius 2 is 2.38 bits per heavy atom. The predicted octanol–water partition coefficient (Wildman–Crippen LogP) is 0.148. The minimum absolute atomic E-state index is 0.0296. The fourth-order valence-corrected chi connectivity index (χ4v) is 1.98. The number of esters is 1. The van der Waals surface area contributed by atoms with E-state index in [1.807, 2.05) is 18.7 Å². The van der Waals surface area contributed by atoms with Crippen molar-refractivity contribution in [1.29, 1.82) is 0 Å². The Labute approximate surface area is 96.1 Å². The van der Waals surface area contributed by atoms with E-state index in [-0.39, 0.29) is 24.0 Å². The Morgan fingerprint density at radius 1 is 1.69 bits per heavy atom. The number of carbonyl (C=O) groups excluding carboxylic acids is 2. The molecule has 2 unspecified atom stereocenters. The van der Waals surface area contributed by atoms with Crippen LogP contribution in [0.2, 0.25) is 0 Å². The standard InChI is InChI=1S/C11H20N2O3/c1-4-16-10(14)7-8(2)13-6-5-12-11(15)9(13)3/h8-9H,4-7H2,1-3H3,(H,12,15). The van der Waals surface area contributed by atoms with Crippen LogP contribution in [-0.4, -0.2) is 48.6 Å². The molecular weight excluding hydrogens is 208 g/mol. The molecule has 16 heavy (non-hydrogen) atoms. The molecule has 0 radical (unpaired) electrons. The van der Waals surface area contributed by atoms with Crippen molar-refractivity contribution < 1.29 is 14.3 Å². The van der Waals surface area contributed by atoms with Gasteiger partial charge in [0.05, 0.1) is 19.1 Å². The minimum Gasteiger partial charge on any atom is -0.466 e. The highest BCUT2D eigenvalue weighted by atomic mass is 16.5. The van der Waals surface area contributed by atoms with E-state index in [2.05, 4.69) is 5.32 Å². The first-order valence-corrected chi connectivity index (χ1v) is 5.75. The summed E-state index contributed by atoms with van der Waals surface area (Å²) in [6.07, 6.45) is 0.339. The van der Waals surface area contributed by atoms with Gasteiger partial charge < -0.3 is 10.1 Å². The summed E-state index contributed by atoms with van der Waals surface area (Å²) in [7, 11) is 0. The van der Waals surface area contributed by atoms with Crippen molar-refractivity contribution in [2.45, 2.75) is 39.3 Å². The number of ether oxygens (including phenoxy) is 1. The van der Waals surface area contributed by atoms with Crippen LogP contribution in [0.5, 0.6) is 0 Å². The molecule has 1 heterocycles. The van der Waals surface area contributed by atoms with Crippen molar-refractivity contribution in [3.63, 3.8) is 0 Å². The summed E-state index contributed by atoms with van der Waals surface area (Å²) in [5.41, 5.74) is 0. The summed E-state index contributed by atoms with van der Waals surface area (Å²) >= 11 is 0. The lowest BCUT2D eigenvalue weighted by atomic mass is 10.1. The van der Waals surface area contributed by atoms with Gasteiger partial charge in [0.2, 0.25) is 5.91 Å². The molecule has 0 aromatic carbocycles. The van der Waals surface area contributed by atoms with Gasteiger partial charge in [-0.05, 0) is 20.8 Å². The van der Waals surface area contributed by atoms with Gasteiger partial charge in [-0.15, -0.1) is 0 Å². The fraction of sp³-hybridized carbons (Fsp3) is 0.818. The lowest BCUT2D eigenvalue weighted by molar-refractivity contribution is -0.145. The molecule has 1 amide bonds. The lowest BCUT2D eigenvalue weighted by Gasteiger charge is -2.36. The molecule has 1 saturated heterocycles. The van der Waals surface area contributed by atoms with Gasteiger partial charge in [-0.3, -0.25) is 14.5 Å². The zero-order chi connectivity index (χ0) is 12.1. The first kappa shape index (κ1) is 13.0. The lowest BCUT2D eigenvalue weighted by Crippen LogP contribution is -2.56. The van der Waals surface area contributed by atoms with Crippen molar-refractivity contribution >= 4 is 11.9 Å². The second-order valence-corrected chi connectivity index (χ2v) is 4.06. The molecule has 0 spiro atoms. The van der Waals surface area contributed by atoms with Crippen molar-refractivity contribution in [2.24, 2.45) is 0 Å². The highest BCUT2D eigenvalue weighted by molar-refractivity contribution is 5.82. The molecule has 0 aromatic rings. The molecule has 0 saturated carbocycles. The zero-order valence-electron chi connectivity index (χ0n) is 10.2. The molecule has 1 fully saturated rings. The topological polar surface area (TPSA) is 58.6 Å². The number of carbonyl (C=O) groups is 2. The maximum absolute atomic E-state index is 11.5. The van der Waals surface area contributed by atoms with E-state index in [9.17, 15) is 9.59 Å². The monoisotopic (exact) mass is 228 g/mol. The van der Waals surface area contributed by atoms with Crippen LogP contribution in [0, 0.1) is 0 Å².